The average molecular weight is 274 g/mol. The Labute approximate surface area is 105 Å². The fraction of sp³-hybridized carbons (Fsp3) is 0.364. The van der Waals surface area contributed by atoms with E-state index in [1.807, 2.05) is 6.92 Å². The van der Waals surface area contributed by atoms with E-state index in [9.17, 15) is 17.6 Å². The monoisotopic (exact) mass is 274 g/mol. The summed E-state index contributed by atoms with van der Waals surface area (Å²) >= 11 is 0. The van der Waals surface area contributed by atoms with Crippen LogP contribution < -0.4 is 10.5 Å². The van der Waals surface area contributed by atoms with Crippen LogP contribution in [0.1, 0.15) is 26.2 Å². The van der Waals surface area contributed by atoms with E-state index < -0.39 is 15.8 Å². The van der Waals surface area contributed by atoms with Crippen LogP contribution in [0.5, 0.6) is 0 Å². The molecule has 1 amide bonds. The molecule has 0 aliphatic heterocycles. The van der Waals surface area contributed by atoms with Gasteiger partial charge in [-0.1, -0.05) is 13.3 Å². The van der Waals surface area contributed by atoms with Gasteiger partial charge in [0, 0.05) is 12.1 Å². The molecule has 0 spiro atoms. The molecule has 100 valence electrons. The molecule has 0 unspecified atom stereocenters. The van der Waals surface area contributed by atoms with Gasteiger partial charge in [0.25, 0.3) is 0 Å². The second-order valence-corrected chi connectivity index (χ2v) is 5.43. The third-order valence-electron chi connectivity index (χ3n) is 2.24. The number of sulfonamides is 1. The maximum Gasteiger partial charge on any atom is 0.238 e. The highest BCUT2D eigenvalue weighted by Crippen LogP contribution is 2.17. The van der Waals surface area contributed by atoms with E-state index >= 15 is 0 Å². The first kappa shape index (κ1) is 14.6. The Kier molecular flexibility index (Phi) is 4.80. The van der Waals surface area contributed by atoms with Gasteiger partial charge in [-0.05, 0) is 24.6 Å². The summed E-state index contributed by atoms with van der Waals surface area (Å²) in [6.07, 6.45) is 1.87. The number of nitrogens with two attached hydrogens (primary N) is 1. The van der Waals surface area contributed by atoms with E-state index in [0.29, 0.717) is 12.8 Å². The molecule has 0 saturated heterocycles. The maximum atomic E-state index is 13.2. The summed E-state index contributed by atoms with van der Waals surface area (Å²) in [7, 11) is -3.99. The van der Waals surface area contributed by atoms with Crippen LogP contribution in [0.3, 0.4) is 0 Å². The zero-order valence-corrected chi connectivity index (χ0v) is 10.8. The fourth-order valence-electron chi connectivity index (χ4n) is 1.36. The smallest absolute Gasteiger partial charge is 0.238 e. The predicted molar refractivity (Wildman–Crippen MR) is 65.9 cm³/mol. The van der Waals surface area contributed by atoms with Gasteiger partial charge in [0.15, 0.2) is 0 Å². The minimum absolute atomic E-state index is 0.0835. The van der Waals surface area contributed by atoms with Gasteiger partial charge in [0.2, 0.25) is 15.9 Å². The summed E-state index contributed by atoms with van der Waals surface area (Å²) in [4.78, 5) is 11.1. The first-order valence-electron chi connectivity index (χ1n) is 5.46. The Morgan fingerprint density at radius 1 is 1.39 bits per heavy atom. The van der Waals surface area contributed by atoms with Crippen LogP contribution in [0.25, 0.3) is 0 Å². The topological polar surface area (TPSA) is 89.3 Å². The average Bonchev–Trinajstić information content (AvgIpc) is 2.24. The van der Waals surface area contributed by atoms with E-state index in [1.165, 1.54) is 0 Å². The number of hydrogen-bond donors (Lipinski definition) is 2. The van der Waals surface area contributed by atoms with Crippen LogP contribution in [-0.4, -0.2) is 14.3 Å². The van der Waals surface area contributed by atoms with E-state index in [0.717, 1.165) is 24.6 Å². The number of anilines is 1. The molecule has 0 bridgehead atoms. The summed E-state index contributed by atoms with van der Waals surface area (Å²) in [6, 6.07) is 2.97. The van der Waals surface area contributed by atoms with Crippen LogP contribution >= 0.6 is 0 Å². The van der Waals surface area contributed by atoms with Crippen LogP contribution in [0.15, 0.2) is 23.1 Å². The molecule has 0 aliphatic carbocycles. The Morgan fingerprint density at radius 2 is 2.06 bits per heavy atom. The lowest BCUT2D eigenvalue weighted by atomic mass is 10.2. The normalized spacial score (nSPS) is 11.3. The number of amides is 1. The lowest BCUT2D eigenvalue weighted by molar-refractivity contribution is -0.116. The molecule has 0 saturated carbocycles. The number of carbonyl (C=O) groups is 1. The second-order valence-electron chi connectivity index (χ2n) is 3.87. The quantitative estimate of drug-likeness (QED) is 0.854. The van der Waals surface area contributed by atoms with Gasteiger partial charge in [-0.2, -0.15) is 0 Å². The lowest BCUT2D eigenvalue weighted by Crippen LogP contribution is -2.15. The number of primary sulfonamides is 1. The molecule has 0 radical (unpaired) electrons. The van der Waals surface area contributed by atoms with Gasteiger partial charge < -0.3 is 5.32 Å². The highest BCUT2D eigenvalue weighted by atomic mass is 32.2. The number of rotatable bonds is 5. The van der Waals surface area contributed by atoms with Crippen molar-refractivity contribution in [3.05, 3.63) is 24.0 Å². The molecule has 0 atom stereocenters. The van der Waals surface area contributed by atoms with Crippen molar-refractivity contribution in [3.8, 4) is 0 Å². The molecular weight excluding hydrogens is 259 g/mol. The third-order valence-corrected chi connectivity index (χ3v) is 3.13. The molecule has 7 heteroatoms. The largest absolute Gasteiger partial charge is 0.326 e. The summed E-state index contributed by atoms with van der Waals surface area (Å²) in [5.74, 6) is -1.06. The Bertz CT molecular complexity index is 543. The molecule has 1 aromatic rings. The number of unbranched alkanes of at least 4 members (excludes halogenated alkanes) is 1. The summed E-state index contributed by atoms with van der Waals surface area (Å²) in [6.45, 7) is 1.94. The third kappa shape index (κ3) is 4.42. The molecule has 0 fully saturated rings. The Morgan fingerprint density at radius 3 is 2.61 bits per heavy atom. The molecule has 18 heavy (non-hydrogen) atoms. The zero-order valence-electron chi connectivity index (χ0n) is 9.94. The molecule has 0 aliphatic rings. The van der Waals surface area contributed by atoms with Crippen molar-refractivity contribution in [2.45, 2.75) is 31.1 Å². The number of benzene rings is 1. The van der Waals surface area contributed by atoms with E-state index in [1.54, 1.807) is 0 Å². The zero-order chi connectivity index (χ0) is 13.8. The molecule has 5 nitrogen and oxygen atoms in total. The molecule has 0 heterocycles. The van der Waals surface area contributed by atoms with Crippen molar-refractivity contribution in [2.75, 3.05) is 5.32 Å². The number of nitrogens with one attached hydrogen (secondary N) is 1. The van der Waals surface area contributed by atoms with E-state index in [2.05, 4.69) is 5.32 Å². The first-order valence-corrected chi connectivity index (χ1v) is 7.01. The number of carbonyl (C=O) groups excluding carboxylic acids is 1. The van der Waals surface area contributed by atoms with Gasteiger partial charge in [-0.3, -0.25) is 4.79 Å². The van der Waals surface area contributed by atoms with Gasteiger partial charge >= 0.3 is 0 Å². The van der Waals surface area contributed by atoms with Crippen LogP contribution in [-0.2, 0) is 14.8 Å². The SMILES string of the molecule is CCCCC(=O)Nc1cc(F)cc(S(N)(=O)=O)c1. The molecular formula is C11H15FN2O3S. The number of halogens is 1. The summed E-state index contributed by atoms with van der Waals surface area (Å²) in [5, 5.41) is 7.33. The van der Waals surface area contributed by atoms with Crippen molar-refractivity contribution < 1.29 is 17.6 Å². The molecule has 3 N–H and O–H groups in total. The minimum Gasteiger partial charge on any atom is -0.326 e. The summed E-state index contributed by atoms with van der Waals surface area (Å²) < 4.78 is 35.4. The highest BCUT2D eigenvalue weighted by Gasteiger charge is 2.12. The highest BCUT2D eigenvalue weighted by molar-refractivity contribution is 7.89. The van der Waals surface area contributed by atoms with Crippen LogP contribution in [0, 0.1) is 5.82 Å². The van der Waals surface area contributed by atoms with Crippen molar-refractivity contribution in [3.63, 3.8) is 0 Å². The Hall–Kier alpha value is -1.47. The van der Waals surface area contributed by atoms with Gasteiger partial charge in [0.1, 0.15) is 5.82 Å². The number of hydrogen-bond acceptors (Lipinski definition) is 3. The summed E-state index contributed by atoms with van der Waals surface area (Å²) in [5.41, 5.74) is 0.0835. The standard InChI is InChI=1S/C11H15FN2O3S/c1-2-3-4-11(15)14-9-5-8(12)6-10(7-9)18(13,16)17/h5-7H,2-4H2,1H3,(H,14,15)(H2,13,16,17). The van der Waals surface area contributed by atoms with E-state index in [-0.39, 0.29) is 16.5 Å². The minimum atomic E-state index is -3.99. The van der Waals surface area contributed by atoms with Crippen LogP contribution in [0.2, 0.25) is 0 Å². The van der Waals surface area contributed by atoms with Gasteiger partial charge in [0.05, 0.1) is 4.90 Å². The van der Waals surface area contributed by atoms with Crippen LogP contribution in [0.4, 0.5) is 10.1 Å². The fourth-order valence-corrected chi connectivity index (χ4v) is 1.93. The van der Waals surface area contributed by atoms with Crippen molar-refractivity contribution in [1.82, 2.24) is 0 Å². The van der Waals surface area contributed by atoms with E-state index in [4.69, 9.17) is 5.14 Å². The molecule has 1 aromatic carbocycles. The molecule has 1 rings (SSSR count). The van der Waals surface area contributed by atoms with Gasteiger partial charge in [-0.15, -0.1) is 0 Å². The lowest BCUT2D eigenvalue weighted by Gasteiger charge is -2.07. The second kappa shape index (κ2) is 5.92. The maximum absolute atomic E-state index is 13.2. The van der Waals surface area contributed by atoms with Crippen molar-refractivity contribution in [1.29, 1.82) is 0 Å². The van der Waals surface area contributed by atoms with Crippen molar-refractivity contribution in [2.24, 2.45) is 5.14 Å². The van der Waals surface area contributed by atoms with Crippen molar-refractivity contribution >= 4 is 21.6 Å². The first-order chi connectivity index (χ1) is 8.32. The predicted octanol–water partition coefficient (Wildman–Crippen LogP) is 1.60. The Balaban J connectivity index is 2.90. The van der Waals surface area contributed by atoms with Gasteiger partial charge in [-0.25, -0.2) is 17.9 Å². The molecule has 0 aromatic heterocycles.